The quantitative estimate of drug-likeness (QED) is 0.399. The molecule has 3 nitrogen and oxygen atoms in total. The van der Waals surface area contributed by atoms with Crippen LogP contribution in [-0.2, 0) is 0 Å². The summed E-state index contributed by atoms with van der Waals surface area (Å²) in [5, 5.41) is 13.9. The minimum absolute atomic E-state index is 0. The van der Waals surface area contributed by atoms with Gasteiger partial charge in [0.25, 0.3) is 0 Å². The Hall–Kier alpha value is 1.73. The van der Waals surface area contributed by atoms with Crippen molar-refractivity contribution in [2.24, 2.45) is 0 Å². The van der Waals surface area contributed by atoms with Crippen molar-refractivity contribution in [1.82, 2.24) is 0 Å². The van der Waals surface area contributed by atoms with E-state index in [1.165, 1.54) is 0 Å². The summed E-state index contributed by atoms with van der Waals surface area (Å²) in [7, 11) is 0. The van der Waals surface area contributed by atoms with Gasteiger partial charge in [0.15, 0.2) is 17.4 Å². The molecule has 7 heteroatoms. The van der Waals surface area contributed by atoms with E-state index >= 15 is 0 Å². The fraction of sp³-hybridized carbons (Fsp3) is 0. The molecular weight excluding hydrogens is 152 g/mol. The zero-order valence-corrected chi connectivity index (χ0v) is 2.21. The molecule has 0 radical (unpaired) electrons. The van der Waals surface area contributed by atoms with Crippen LogP contribution in [0.15, 0.2) is 0 Å². The van der Waals surface area contributed by atoms with Crippen LogP contribution in [0.3, 0.4) is 0 Å². The van der Waals surface area contributed by atoms with Gasteiger partial charge in [0, 0.05) is 0 Å². The van der Waals surface area contributed by atoms with E-state index in [0.717, 1.165) is 0 Å². The van der Waals surface area contributed by atoms with Gasteiger partial charge < -0.3 is 10.2 Å². The molecule has 0 rings (SSSR count). The monoisotopic (exact) mass is 160 g/mol. The summed E-state index contributed by atoms with van der Waals surface area (Å²) in [6, 6.07) is 0. The van der Waals surface area contributed by atoms with Crippen molar-refractivity contribution >= 4 is 82.6 Å². The molecule has 0 saturated heterocycles. The fourth-order valence-electron chi connectivity index (χ4n) is 0. The molecule has 0 unspecified atom stereocenters. The summed E-state index contributed by atoms with van der Waals surface area (Å²) >= 11 is 0. The maximum atomic E-state index is 8.56. The SMILES string of the molecule is F.O=C(O)O.[AlH3].[NaH].[NaH]. The molecule has 0 aliphatic rings. The predicted octanol–water partition coefficient (Wildman–Crippen LogP) is -2.11. The standard InChI is InChI=1S/CH2O3.Al.FH.2Na.5H/c2-1(3)4;;;;;;;;;/h(H2,2,3,4);;1H;;;;;;;. The molecule has 0 bridgehead atoms. The Morgan fingerprint density at radius 1 is 1.12 bits per heavy atom. The molecule has 2 N–H and O–H groups in total. The topological polar surface area (TPSA) is 57.5 Å². The van der Waals surface area contributed by atoms with Crippen molar-refractivity contribution < 1.29 is 19.7 Å². The third-order valence-electron chi connectivity index (χ3n) is 0. The summed E-state index contributed by atoms with van der Waals surface area (Å²) in [6.07, 6.45) is -1.83. The van der Waals surface area contributed by atoms with Crippen molar-refractivity contribution in [3.05, 3.63) is 0 Å². The van der Waals surface area contributed by atoms with Crippen molar-refractivity contribution in [3.63, 3.8) is 0 Å². The average molecular weight is 160 g/mol. The second kappa shape index (κ2) is 23.3. The summed E-state index contributed by atoms with van der Waals surface area (Å²) < 4.78 is 0. The van der Waals surface area contributed by atoms with E-state index in [2.05, 4.69) is 0 Å². The zero-order chi connectivity index (χ0) is 3.58. The summed E-state index contributed by atoms with van der Waals surface area (Å²) in [4.78, 5) is 8.56. The van der Waals surface area contributed by atoms with Gasteiger partial charge in [-0.1, -0.05) is 0 Å². The third-order valence-corrected chi connectivity index (χ3v) is 0. The van der Waals surface area contributed by atoms with Gasteiger partial charge in [-0.3, -0.25) is 4.70 Å². The van der Waals surface area contributed by atoms with E-state index in [1.54, 1.807) is 0 Å². The first kappa shape index (κ1) is 33.1. The predicted molar refractivity (Wildman–Crippen MR) is 37.4 cm³/mol. The van der Waals surface area contributed by atoms with Crippen LogP contribution in [0.4, 0.5) is 9.50 Å². The number of rotatable bonds is 0. The maximum absolute atomic E-state index is 8.56. The molecular formula is CH8AlFNa2O3. The van der Waals surface area contributed by atoms with Gasteiger partial charge in [-0.25, -0.2) is 4.79 Å². The van der Waals surface area contributed by atoms with Gasteiger partial charge in [0.05, 0.1) is 0 Å². The summed E-state index contributed by atoms with van der Waals surface area (Å²) in [5.74, 6) is 0. The van der Waals surface area contributed by atoms with Crippen LogP contribution < -0.4 is 0 Å². The van der Waals surface area contributed by atoms with Crippen molar-refractivity contribution in [3.8, 4) is 0 Å². The molecule has 0 fully saturated rings. The molecule has 0 spiro atoms. The molecule has 0 aromatic heterocycles. The summed E-state index contributed by atoms with van der Waals surface area (Å²) in [6.45, 7) is 0. The van der Waals surface area contributed by atoms with Crippen LogP contribution >= 0.6 is 0 Å². The first-order chi connectivity index (χ1) is 1.73. The van der Waals surface area contributed by atoms with E-state index in [9.17, 15) is 0 Å². The van der Waals surface area contributed by atoms with Gasteiger partial charge in [-0.2, -0.15) is 0 Å². The normalized spacial score (nSPS) is 3.00. The molecule has 0 aliphatic heterocycles. The second-order valence-electron chi connectivity index (χ2n) is 0.283. The molecule has 0 saturated carbocycles. The van der Waals surface area contributed by atoms with E-state index in [4.69, 9.17) is 15.0 Å². The molecule has 0 atom stereocenters. The second-order valence-corrected chi connectivity index (χ2v) is 0.283. The third kappa shape index (κ3) is 117. The number of halogens is 1. The Labute approximate surface area is 101 Å². The molecule has 0 aliphatic carbocycles. The average Bonchev–Trinajstić information content (AvgIpc) is 0.811. The Bertz CT molecular complexity index is 40.3. The first-order valence-electron chi connectivity index (χ1n) is 0.651. The number of carboxylic acid groups (broad SMARTS) is 2. The van der Waals surface area contributed by atoms with Crippen LogP contribution in [0.2, 0.25) is 0 Å². The van der Waals surface area contributed by atoms with Gasteiger partial charge in [-0.05, 0) is 0 Å². The van der Waals surface area contributed by atoms with Crippen LogP contribution in [0.1, 0.15) is 0 Å². The van der Waals surface area contributed by atoms with Gasteiger partial charge in [0.1, 0.15) is 0 Å². The van der Waals surface area contributed by atoms with E-state index in [-0.39, 0.29) is 81.2 Å². The van der Waals surface area contributed by atoms with E-state index in [1.807, 2.05) is 0 Å². The van der Waals surface area contributed by atoms with Gasteiger partial charge in [-0.15, -0.1) is 0 Å². The van der Waals surface area contributed by atoms with Gasteiger partial charge in [0.2, 0.25) is 0 Å². The Morgan fingerprint density at radius 2 is 1.12 bits per heavy atom. The van der Waals surface area contributed by atoms with Crippen molar-refractivity contribution in [1.29, 1.82) is 0 Å². The van der Waals surface area contributed by atoms with E-state index in [0.29, 0.717) is 0 Å². The molecule has 0 heterocycles. The first-order valence-corrected chi connectivity index (χ1v) is 0.651. The van der Waals surface area contributed by atoms with Gasteiger partial charge >= 0.3 is 65.3 Å². The number of carbonyl (C=O) groups is 1. The molecule has 0 aromatic rings. The van der Waals surface area contributed by atoms with Crippen molar-refractivity contribution in [2.45, 2.75) is 0 Å². The van der Waals surface area contributed by atoms with Crippen LogP contribution in [0, 0.1) is 0 Å². The zero-order valence-electron chi connectivity index (χ0n) is 2.21. The van der Waals surface area contributed by atoms with E-state index < -0.39 is 6.16 Å². The van der Waals surface area contributed by atoms with Crippen molar-refractivity contribution in [2.75, 3.05) is 0 Å². The number of hydrogen-bond donors (Lipinski definition) is 2. The Kier molecular flexibility index (Phi) is 96.6. The molecule has 42 valence electrons. The van der Waals surface area contributed by atoms with Crippen LogP contribution in [0.25, 0.3) is 0 Å². The molecule has 8 heavy (non-hydrogen) atoms. The van der Waals surface area contributed by atoms with Crippen LogP contribution in [0.5, 0.6) is 0 Å². The number of hydrogen-bond acceptors (Lipinski definition) is 1. The minimum atomic E-state index is -1.83. The fourth-order valence-corrected chi connectivity index (χ4v) is 0. The Morgan fingerprint density at radius 3 is 1.12 bits per heavy atom. The summed E-state index contributed by atoms with van der Waals surface area (Å²) in [5.41, 5.74) is 0. The molecule has 0 amide bonds. The van der Waals surface area contributed by atoms with Crippen LogP contribution in [-0.4, -0.2) is 92.8 Å². The Balaban J connectivity index is -0.00000000750. The molecule has 0 aromatic carbocycles.